The molecule has 0 saturated heterocycles. The van der Waals surface area contributed by atoms with Crippen molar-refractivity contribution >= 4 is 21.8 Å². The highest BCUT2D eigenvalue weighted by Gasteiger charge is 2.15. The summed E-state index contributed by atoms with van der Waals surface area (Å²) in [6.07, 6.45) is 22.5. The van der Waals surface area contributed by atoms with E-state index in [9.17, 15) is 0 Å². The summed E-state index contributed by atoms with van der Waals surface area (Å²) < 4.78 is 2.64. The van der Waals surface area contributed by atoms with E-state index in [4.69, 9.17) is 0 Å². The number of rotatable bonds is 18. The first-order valence-corrected chi connectivity index (χ1v) is 14.3. The lowest BCUT2D eigenvalue weighted by molar-refractivity contribution is 0.364. The molecule has 0 radical (unpaired) electrons. The van der Waals surface area contributed by atoms with Gasteiger partial charge in [-0.05, 0) is 30.9 Å². The average molecular weight is 448 g/mol. The van der Waals surface area contributed by atoms with Gasteiger partial charge in [0.1, 0.15) is 0 Å². The van der Waals surface area contributed by atoms with Gasteiger partial charge >= 0.3 is 0 Å². The van der Waals surface area contributed by atoms with Crippen LogP contribution in [0.2, 0.25) is 0 Å². The van der Waals surface area contributed by atoms with Crippen LogP contribution in [0.25, 0.3) is 21.8 Å². The van der Waals surface area contributed by atoms with Crippen LogP contribution in [-0.4, -0.2) is 4.57 Å². The maximum Gasteiger partial charge on any atom is 0.0491 e. The van der Waals surface area contributed by atoms with Gasteiger partial charge in [0, 0.05) is 28.4 Å². The Balaban J connectivity index is 1.60. The molecule has 1 heteroatoms. The third kappa shape index (κ3) is 8.20. The zero-order valence-corrected chi connectivity index (χ0v) is 21.7. The first-order chi connectivity index (χ1) is 16.3. The van der Waals surface area contributed by atoms with Gasteiger partial charge < -0.3 is 4.57 Å². The minimum atomic E-state index is 0.801. The van der Waals surface area contributed by atoms with Crippen molar-refractivity contribution in [2.24, 2.45) is 5.92 Å². The fourth-order valence-electron chi connectivity index (χ4n) is 5.57. The van der Waals surface area contributed by atoms with E-state index in [2.05, 4.69) is 66.9 Å². The van der Waals surface area contributed by atoms with Gasteiger partial charge in [-0.2, -0.15) is 0 Å². The molecule has 2 aromatic carbocycles. The lowest BCUT2D eigenvalue weighted by Gasteiger charge is -2.19. The molecule has 0 aliphatic rings. The molecule has 1 atom stereocenters. The smallest absolute Gasteiger partial charge is 0.0491 e. The standard InChI is InChI=1S/C32H49N/c1-3-5-7-9-11-12-14-16-22-28(21-15-13-10-8-6-4-2)27-33-31-25-19-17-23-29(31)30-24-18-20-26-32(30)33/h17-20,23-26,28H,3-16,21-22,27H2,1-2H3. The van der Waals surface area contributed by atoms with E-state index >= 15 is 0 Å². The van der Waals surface area contributed by atoms with Crippen molar-refractivity contribution in [1.82, 2.24) is 4.57 Å². The highest BCUT2D eigenvalue weighted by atomic mass is 15.0. The van der Waals surface area contributed by atoms with Gasteiger partial charge in [0.2, 0.25) is 0 Å². The number of nitrogens with zero attached hydrogens (tertiary/aromatic N) is 1. The molecule has 0 aliphatic carbocycles. The van der Waals surface area contributed by atoms with Crippen molar-refractivity contribution in [3.63, 3.8) is 0 Å². The van der Waals surface area contributed by atoms with Crippen LogP contribution in [0.15, 0.2) is 48.5 Å². The van der Waals surface area contributed by atoms with Gasteiger partial charge in [0.25, 0.3) is 0 Å². The zero-order chi connectivity index (χ0) is 23.1. The summed E-state index contributed by atoms with van der Waals surface area (Å²) in [5.74, 6) is 0.801. The summed E-state index contributed by atoms with van der Waals surface area (Å²) in [7, 11) is 0. The predicted molar refractivity (Wildman–Crippen MR) is 148 cm³/mol. The first-order valence-electron chi connectivity index (χ1n) is 14.3. The number of aromatic nitrogens is 1. The highest BCUT2D eigenvalue weighted by molar-refractivity contribution is 6.07. The fraction of sp³-hybridized carbons (Fsp3) is 0.625. The summed E-state index contributed by atoms with van der Waals surface area (Å²) in [5, 5.41) is 2.83. The third-order valence-electron chi connectivity index (χ3n) is 7.55. The van der Waals surface area contributed by atoms with Crippen LogP contribution in [0.1, 0.15) is 117 Å². The Labute approximate surface area is 204 Å². The van der Waals surface area contributed by atoms with Crippen LogP contribution in [0.4, 0.5) is 0 Å². The summed E-state index contributed by atoms with van der Waals surface area (Å²) in [6, 6.07) is 18.0. The van der Waals surface area contributed by atoms with E-state index in [1.165, 1.54) is 131 Å². The van der Waals surface area contributed by atoms with Gasteiger partial charge in [-0.1, -0.05) is 140 Å². The van der Waals surface area contributed by atoms with Gasteiger partial charge in [-0.3, -0.25) is 0 Å². The normalized spacial score (nSPS) is 12.7. The molecule has 0 bridgehead atoms. The predicted octanol–water partition coefficient (Wildman–Crippen LogP) is 10.7. The molecule has 1 aromatic heterocycles. The highest BCUT2D eigenvalue weighted by Crippen LogP contribution is 2.31. The Morgan fingerprint density at radius 1 is 0.515 bits per heavy atom. The van der Waals surface area contributed by atoms with E-state index in [1.54, 1.807) is 0 Å². The molecule has 1 unspecified atom stereocenters. The van der Waals surface area contributed by atoms with Crippen LogP contribution in [0.3, 0.4) is 0 Å². The van der Waals surface area contributed by atoms with Gasteiger partial charge in [-0.15, -0.1) is 0 Å². The molecule has 0 fully saturated rings. The van der Waals surface area contributed by atoms with Crippen LogP contribution in [0.5, 0.6) is 0 Å². The van der Waals surface area contributed by atoms with E-state index in [0.29, 0.717) is 0 Å². The van der Waals surface area contributed by atoms with Crippen molar-refractivity contribution in [2.75, 3.05) is 0 Å². The molecule has 0 spiro atoms. The second-order valence-corrected chi connectivity index (χ2v) is 10.3. The second-order valence-electron chi connectivity index (χ2n) is 10.3. The monoisotopic (exact) mass is 447 g/mol. The SMILES string of the molecule is CCCCCCCCCCC(CCCCCCCC)Cn1c2ccccc2c2ccccc21. The Bertz CT molecular complexity index is 852. The molecule has 0 amide bonds. The molecule has 33 heavy (non-hydrogen) atoms. The Morgan fingerprint density at radius 3 is 1.36 bits per heavy atom. The summed E-state index contributed by atoms with van der Waals surface area (Å²) in [5.41, 5.74) is 2.84. The molecular weight excluding hydrogens is 398 g/mol. The lowest BCUT2D eigenvalue weighted by Crippen LogP contribution is -2.11. The fourth-order valence-corrected chi connectivity index (χ4v) is 5.57. The van der Waals surface area contributed by atoms with Crippen LogP contribution in [0, 0.1) is 5.92 Å². The van der Waals surface area contributed by atoms with Crippen molar-refractivity contribution < 1.29 is 0 Å². The Morgan fingerprint density at radius 2 is 0.909 bits per heavy atom. The van der Waals surface area contributed by atoms with E-state index in [0.717, 1.165) is 5.92 Å². The minimum Gasteiger partial charge on any atom is -0.340 e. The first kappa shape index (κ1) is 25.9. The molecule has 3 aromatic rings. The molecule has 1 heterocycles. The number of benzene rings is 2. The summed E-state index contributed by atoms with van der Waals surface area (Å²) in [4.78, 5) is 0. The number of hydrogen-bond donors (Lipinski definition) is 0. The molecule has 3 rings (SSSR count). The minimum absolute atomic E-state index is 0.801. The van der Waals surface area contributed by atoms with Gasteiger partial charge in [0.05, 0.1) is 0 Å². The summed E-state index contributed by atoms with van der Waals surface area (Å²) in [6.45, 7) is 5.80. The molecule has 0 saturated carbocycles. The maximum atomic E-state index is 2.64. The zero-order valence-electron chi connectivity index (χ0n) is 21.7. The number of unbranched alkanes of at least 4 members (excludes halogenated alkanes) is 12. The van der Waals surface area contributed by atoms with Crippen molar-refractivity contribution in [1.29, 1.82) is 0 Å². The van der Waals surface area contributed by atoms with Gasteiger partial charge in [0.15, 0.2) is 0 Å². The summed E-state index contributed by atoms with van der Waals surface area (Å²) >= 11 is 0. The maximum absolute atomic E-state index is 2.64. The third-order valence-corrected chi connectivity index (χ3v) is 7.55. The molecule has 1 nitrogen and oxygen atoms in total. The Kier molecular flexibility index (Phi) is 11.9. The van der Waals surface area contributed by atoms with Crippen LogP contribution >= 0.6 is 0 Å². The topological polar surface area (TPSA) is 4.93 Å². The molecule has 0 N–H and O–H groups in total. The Hall–Kier alpha value is -1.76. The van der Waals surface area contributed by atoms with E-state index in [-0.39, 0.29) is 0 Å². The van der Waals surface area contributed by atoms with Gasteiger partial charge in [-0.25, -0.2) is 0 Å². The second kappa shape index (κ2) is 15.2. The molecule has 182 valence electrons. The van der Waals surface area contributed by atoms with E-state index in [1.807, 2.05) is 0 Å². The van der Waals surface area contributed by atoms with Crippen LogP contribution < -0.4 is 0 Å². The number of fused-ring (bicyclic) bond motifs is 3. The van der Waals surface area contributed by atoms with Crippen LogP contribution in [-0.2, 0) is 6.54 Å². The van der Waals surface area contributed by atoms with Crippen molar-refractivity contribution in [3.05, 3.63) is 48.5 Å². The molecular formula is C32H49N. The van der Waals surface area contributed by atoms with Crippen molar-refractivity contribution in [3.8, 4) is 0 Å². The number of para-hydroxylation sites is 2. The average Bonchev–Trinajstić information content (AvgIpc) is 3.16. The number of hydrogen-bond acceptors (Lipinski definition) is 0. The largest absolute Gasteiger partial charge is 0.340 e. The lowest BCUT2D eigenvalue weighted by atomic mass is 9.93. The molecule has 0 aliphatic heterocycles. The van der Waals surface area contributed by atoms with E-state index < -0.39 is 0 Å². The quantitative estimate of drug-likeness (QED) is 0.171. The van der Waals surface area contributed by atoms with Crippen molar-refractivity contribution in [2.45, 2.75) is 123 Å².